The summed E-state index contributed by atoms with van der Waals surface area (Å²) in [6.07, 6.45) is 7.60. The Morgan fingerprint density at radius 3 is 2.89 bits per heavy atom. The lowest BCUT2D eigenvalue weighted by molar-refractivity contribution is -0.123. The minimum absolute atomic E-state index is 0.0204. The third kappa shape index (κ3) is 4.35. The van der Waals surface area contributed by atoms with Crippen molar-refractivity contribution in [2.24, 2.45) is 5.92 Å². The van der Waals surface area contributed by atoms with Gasteiger partial charge in [-0.1, -0.05) is 6.92 Å². The number of amides is 2. The van der Waals surface area contributed by atoms with E-state index < -0.39 is 0 Å². The maximum absolute atomic E-state index is 12.9. The van der Waals surface area contributed by atoms with Crippen LogP contribution in [0.2, 0.25) is 0 Å². The van der Waals surface area contributed by atoms with Crippen LogP contribution in [0.3, 0.4) is 0 Å². The fraction of sp³-hybridized carbons (Fsp3) is 0.571. The van der Waals surface area contributed by atoms with Crippen LogP contribution < -0.4 is 5.32 Å². The largest absolute Gasteiger partial charge is 0.360 e. The molecule has 7 nitrogen and oxygen atoms in total. The number of nitrogens with zero attached hydrogens (tertiary/aromatic N) is 3. The second kappa shape index (κ2) is 8.31. The molecular formula is C21H29N5O2. The van der Waals surface area contributed by atoms with Gasteiger partial charge >= 0.3 is 0 Å². The smallest absolute Gasteiger partial charge is 0.255 e. The summed E-state index contributed by atoms with van der Waals surface area (Å²) in [7, 11) is 0. The number of carbonyl (C=O) groups is 2. The van der Waals surface area contributed by atoms with Crippen molar-refractivity contribution >= 4 is 22.8 Å². The minimum atomic E-state index is -0.0204. The summed E-state index contributed by atoms with van der Waals surface area (Å²) in [5.74, 6) is 0.813. The number of hydrogen-bond donors (Lipinski definition) is 2. The van der Waals surface area contributed by atoms with E-state index in [0.29, 0.717) is 18.7 Å². The van der Waals surface area contributed by atoms with E-state index in [2.05, 4.69) is 27.1 Å². The molecule has 2 saturated heterocycles. The second-order valence-corrected chi connectivity index (χ2v) is 8.25. The molecule has 4 rings (SSSR count). The predicted octanol–water partition coefficient (Wildman–Crippen LogP) is 2.02. The standard InChI is InChI=1S/C21H29N5O2/c1-15-5-9-25(10-6-15)14-20(27)24-17-3-2-8-26(13-17)21(28)16-11-19-18(23-12-16)4-7-22-19/h4,7,11-12,15,17,22H,2-3,5-6,8-10,13-14H2,1H3,(H,24,27)/t17-/m0/s1. The van der Waals surface area contributed by atoms with Crippen LogP contribution in [0.1, 0.15) is 43.0 Å². The minimum Gasteiger partial charge on any atom is -0.360 e. The molecule has 7 heteroatoms. The number of aromatic amines is 1. The molecule has 4 heterocycles. The Hall–Kier alpha value is -2.41. The first-order valence-corrected chi connectivity index (χ1v) is 10.3. The number of hydrogen-bond acceptors (Lipinski definition) is 4. The van der Waals surface area contributed by atoms with E-state index in [1.807, 2.05) is 23.2 Å². The Labute approximate surface area is 165 Å². The van der Waals surface area contributed by atoms with E-state index in [1.165, 1.54) is 0 Å². The molecule has 2 aliphatic rings. The van der Waals surface area contributed by atoms with Gasteiger partial charge in [0, 0.05) is 31.5 Å². The highest BCUT2D eigenvalue weighted by Gasteiger charge is 2.27. The molecule has 2 aromatic heterocycles. The first kappa shape index (κ1) is 18.9. The zero-order valence-electron chi connectivity index (χ0n) is 16.5. The van der Waals surface area contributed by atoms with Crippen molar-refractivity contribution in [1.82, 2.24) is 25.1 Å². The van der Waals surface area contributed by atoms with Crippen molar-refractivity contribution in [3.63, 3.8) is 0 Å². The van der Waals surface area contributed by atoms with Crippen molar-refractivity contribution in [1.29, 1.82) is 0 Å². The lowest BCUT2D eigenvalue weighted by Gasteiger charge is -2.34. The monoisotopic (exact) mass is 383 g/mol. The normalized spacial score (nSPS) is 21.8. The van der Waals surface area contributed by atoms with Crippen LogP contribution >= 0.6 is 0 Å². The fourth-order valence-electron chi connectivity index (χ4n) is 4.21. The molecule has 150 valence electrons. The van der Waals surface area contributed by atoms with Gasteiger partial charge in [0.05, 0.1) is 23.1 Å². The topological polar surface area (TPSA) is 81.3 Å². The average molecular weight is 383 g/mol. The van der Waals surface area contributed by atoms with Crippen LogP contribution in [0.4, 0.5) is 0 Å². The van der Waals surface area contributed by atoms with Crippen molar-refractivity contribution in [3.8, 4) is 0 Å². The number of pyridine rings is 1. The van der Waals surface area contributed by atoms with Gasteiger partial charge in [-0.15, -0.1) is 0 Å². The number of nitrogens with one attached hydrogen (secondary N) is 2. The van der Waals surface area contributed by atoms with Crippen molar-refractivity contribution < 1.29 is 9.59 Å². The molecule has 28 heavy (non-hydrogen) atoms. The molecule has 0 spiro atoms. The first-order valence-electron chi connectivity index (χ1n) is 10.3. The summed E-state index contributed by atoms with van der Waals surface area (Å²) in [4.78, 5) is 36.9. The van der Waals surface area contributed by atoms with Gasteiger partial charge in [0.1, 0.15) is 0 Å². The van der Waals surface area contributed by atoms with Crippen molar-refractivity contribution in [2.75, 3.05) is 32.7 Å². The number of fused-ring (bicyclic) bond motifs is 1. The third-order valence-electron chi connectivity index (χ3n) is 5.96. The summed E-state index contributed by atoms with van der Waals surface area (Å²) in [6.45, 7) is 6.01. The van der Waals surface area contributed by atoms with Crippen molar-refractivity contribution in [3.05, 3.63) is 30.1 Å². The van der Waals surface area contributed by atoms with E-state index in [-0.39, 0.29) is 17.9 Å². The summed E-state index contributed by atoms with van der Waals surface area (Å²) in [6, 6.07) is 3.76. The molecule has 0 bridgehead atoms. The van der Waals surface area contributed by atoms with Gasteiger partial charge in [-0.2, -0.15) is 0 Å². The van der Waals surface area contributed by atoms with E-state index in [1.54, 1.807) is 6.20 Å². The zero-order chi connectivity index (χ0) is 19.5. The Balaban J connectivity index is 1.32. The first-order chi connectivity index (χ1) is 13.6. The summed E-state index contributed by atoms with van der Waals surface area (Å²) in [5, 5.41) is 3.14. The van der Waals surface area contributed by atoms with Crippen LogP contribution in [0.5, 0.6) is 0 Å². The van der Waals surface area contributed by atoms with Gasteiger partial charge in [-0.05, 0) is 56.8 Å². The Kier molecular flexibility index (Phi) is 5.62. The van der Waals surface area contributed by atoms with Crippen LogP contribution in [-0.4, -0.2) is 70.3 Å². The number of H-pyrrole nitrogens is 1. The fourth-order valence-corrected chi connectivity index (χ4v) is 4.21. The van der Waals surface area contributed by atoms with E-state index in [4.69, 9.17) is 0 Å². The molecule has 2 amide bonds. The lowest BCUT2D eigenvalue weighted by Crippen LogP contribution is -2.51. The number of carbonyl (C=O) groups excluding carboxylic acids is 2. The SMILES string of the molecule is CC1CCN(CC(=O)N[C@H]2CCCN(C(=O)c3cnc4cc[nH]c4c3)C2)CC1. The highest BCUT2D eigenvalue weighted by Crippen LogP contribution is 2.18. The Bertz CT molecular complexity index is 840. The number of likely N-dealkylation sites (tertiary alicyclic amines) is 2. The highest BCUT2D eigenvalue weighted by atomic mass is 16.2. The van der Waals surface area contributed by atoms with Gasteiger partial charge < -0.3 is 15.2 Å². The van der Waals surface area contributed by atoms with Gasteiger partial charge in [0.15, 0.2) is 0 Å². The van der Waals surface area contributed by atoms with E-state index >= 15 is 0 Å². The number of aromatic nitrogens is 2. The molecule has 0 aliphatic carbocycles. The van der Waals surface area contributed by atoms with Gasteiger partial charge in [-0.25, -0.2) is 0 Å². The summed E-state index contributed by atoms with van der Waals surface area (Å²) >= 11 is 0. The van der Waals surface area contributed by atoms with E-state index in [0.717, 1.165) is 62.3 Å². The molecule has 2 aromatic rings. The predicted molar refractivity (Wildman–Crippen MR) is 108 cm³/mol. The summed E-state index contributed by atoms with van der Waals surface area (Å²) in [5.41, 5.74) is 2.31. The Morgan fingerprint density at radius 2 is 2.07 bits per heavy atom. The van der Waals surface area contributed by atoms with Gasteiger partial charge in [0.2, 0.25) is 5.91 Å². The molecular weight excluding hydrogens is 354 g/mol. The number of piperidine rings is 2. The molecule has 0 unspecified atom stereocenters. The number of rotatable bonds is 4. The van der Waals surface area contributed by atoms with Crippen molar-refractivity contribution in [2.45, 2.75) is 38.6 Å². The highest BCUT2D eigenvalue weighted by molar-refractivity contribution is 5.96. The van der Waals surface area contributed by atoms with E-state index in [9.17, 15) is 9.59 Å². The third-order valence-corrected chi connectivity index (χ3v) is 5.96. The van der Waals surface area contributed by atoms with Crippen LogP contribution in [-0.2, 0) is 4.79 Å². The molecule has 1 atom stereocenters. The molecule has 0 aromatic carbocycles. The van der Waals surface area contributed by atoms with Gasteiger partial charge in [0.25, 0.3) is 5.91 Å². The zero-order valence-corrected chi connectivity index (χ0v) is 16.5. The summed E-state index contributed by atoms with van der Waals surface area (Å²) < 4.78 is 0. The molecule has 0 saturated carbocycles. The molecule has 2 aliphatic heterocycles. The maximum Gasteiger partial charge on any atom is 0.255 e. The van der Waals surface area contributed by atoms with Gasteiger partial charge in [-0.3, -0.25) is 19.5 Å². The van der Waals surface area contributed by atoms with Crippen LogP contribution in [0.25, 0.3) is 11.0 Å². The molecule has 2 N–H and O–H groups in total. The van der Waals surface area contributed by atoms with Crippen LogP contribution in [0.15, 0.2) is 24.5 Å². The second-order valence-electron chi connectivity index (χ2n) is 8.25. The lowest BCUT2D eigenvalue weighted by atomic mass is 9.99. The Morgan fingerprint density at radius 1 is 1.25 bits per heavy atom. The van der Waals surface area contributed by atoms with Crippen LogP contribution in [0, 0.1) is 5.92 Å². The maximum atomic E-state index is 12.9. The molecule has 0 radical (unpaired) electrons. The average Bonchev–Trinajstić information content (AvgIpc) is 3.17. The molecule has 2 fully saturated rings. The quantitative estimate of drug-likeness (QED) is 0.846.